The molecule has 94 valence electrons. The monoisotopic (exact) mass is 266 g/mol. The van der Waals surface area contributed by atoms with Crippen molar-refractivity contribution in [2.45, 2.75) is 19.4 Å². The lowest BCUT2D eigenvalue weighted by Gasteiger charge is -2.15. The van der Waals surface area contributed by atoms with Gasteiger partial charge in [-0.3, -0.25) is 0 Å². The van der Waals surface area contributed by atoms with Crippen LogP contribution in [0.3, 0.4) is 0 Å². The molecule has 2 rings (SSSR count). The highest BCUT2D eigenvalue weighted by atomic mass is 35.5. The molecule has 1 N–H and O–H groups in total. The summed E-state index contributed by atoms with van der Waals surface area (Å²) in [6, 6.07) is 4.58. The maximum absolute atomic E-state index is 10.8. The van der Waals surface area contributed by atoms with Gasteiger partial charge in [-0.1, -0.05) is 24.2 Å². The van der Waals surface area contributed by atoms with Crippen LogP contribution in [0.15, 0.2) is 30.5 Å². The van der Waals surface area contributed by atoms with Gasteiger partial charge in [-0.25, -0.2) is 4.79 Å². The van der Waals surface area contributed by atoms with Gasteiger partial charge in [0, 0.05) is 0 Å². The molecule has 0 radical (unpaired) electrons. The zero-order valence-electron chi connectivity index (χ0n) is 10.1. The number of halogens is 1. The van der Waals surface area contributed by atoms with Crippen molar-refractivity contribution >= 4 is 30.2 Å². The lowest BCUT2D eigenvalue weighted by molar-refractivity contribution is 0.0697. The van der Waals surface area contributed by atoms with E-state index >= 15 is 0 Å². The zero-order chi connectivity index (χ0) is 13.5. The van der Waals surface area contributed by atoms with Crippen molar-refractivity contribution in [2.24, 2.45) is 0 Å². The third-order valence-electron chi connectivity index (χ3n) is 2.82. The molecule has 0 atom stereocenters. The normalized spacial score (nSPS) is 17.7. The summed E-state index contributed by atoms with van der Waals surface area (Å²) in [5, 5.41) is 9.04. The van der Waals surface area contributed by atoms with Crippen molar-refractivity contribution in [1.82, 2.24) is 0 Å². The molecule has 1 aliphatic heterocycles. The molecule has 1 aliphatic rings. The van der Waals surface area contributed by atoms with Crippen molar-refractivity contribution in [3.8, 4) is 0 Å². The van der Waals surface area contributed by atoms with Crippen molar-refractivity contribution in [2.75, 3.05) is 0 Å². The Kier molecular flexibility index (Phi) is 3.13. The van der Waals surface area contributed by atoms with Crippen LogP contribution in [0, 0.1) is 0 Å². The number of aromatic carboxylic acids is 1. The Hall–Kier alpha value is -1.46. The summed E-state index contributed by atoms with van der Waals surface area (Å²) < 4.78 is 11.2. The summed E-state index contributed by atoms with van der Waals surface area (Å²) in [5.74, 6) is -0.532. The van der Waals surface area contributed by atoms with E-state index in [4.69, 9.17) is 26.0 Å². The van der Waals surface area contributed by atoms with Crippen LogP contribution < -0.4 is 5.46 Å². The van der Waals surface area contributed by atoms with E-state index in [2.05, 4.69) is 6.58 Å². The Morgan fingerprint density at radius 2 is 2.17 bits per heavy atom. The third kappa shape index (κ3) is 2.24. The van der Waals surface area contributed by atoms with Crippen molar-refractivity contribution in [3.63, 3.8) is 0 Å². The number of hydrogen-bond acceptors (Lipinski definition) is 3. The Morgan fingerprint density at radius 1 is 1.50 bits per heavy atom. The molecule has 1 heterocycles. The van der Waals surface area contributed by atoms with Crippen LogP contribution in [0.5, 0.6) is 0 Å². The first kappa shape index (κ1) is 13.0. The van der Waals surface area contributed by atoms with Gasteiger partial charge >= 0.3 is 13.1 Å². The fourth-order valence-corrected chi connectivity index (χ4v) is 1.89. The predicted octanol–water partition coefficient (Wildman–Crippen LogP) is 2.07. The van der Waals surface area contributed by atoms with E-state index in [0.29, 0.717) is 11.2 Å². The van der Waals surface area contributed by atoms with Crippen LogP contribution >= 0.6 is 11.6 Å². The standard InChI is InChI=1S/C12H12BClO4/c1-7-12(2,3)18-13(17-7)8-4-5-9(11(15)16)10(14)6-8/h4-6H,1H2,2-3H3,(H,15,16). The second kappa shape index (κ2) is 4.33. The molecule has 0 bridgehead atoms. The number of carboxylic acids is 1. The van der Waals surface area contributed by atoms with E-state index in [9.17, 15) is 4.79 Å². The summed E-state index contributed by atoms with van der Waals surface area (Å²) in [6.45, 7) is 7.48. The van der Waals surface area contributed by atoms with Crippen LogP contribution in [0.25, 0.3) is 0 Å². The van der Waals surface area contributed by atoms with Crippen LogP contribution in [0.1, 0.15) is 24.2 Å². The Balaban J connectivity index is 2.29. The number of rotatable bonds is 2. The average molecular weight is 266 g/mol. The molecule has 0 unspecified atom stereocenters. The molecule has 1 aromatic rings. The molecule has 0 saturated carbocycles. The smallest absolute Gasteiger partial charge is 0.534 e. The second-order valence-electron chi connectivity index (χ2n) is 4.55. The van der Waals surface area contributed by atoms with Gasteiger partial charge in [-0.2, -0.15) is 0 Å². The fourth-order valence-electron chi connectivity index (χ4n) is 1.62. The van der Waals surface area contributed by atoms with Gasteiger partial charge in [-0.05, 0) is 31.4 Å². The molecule has 0 spiro atoms. The van der Waals surface area contributed by atoms with Gasteiger partial charge < -0.3 is 14.4 Å². The molecule has 1 saturated heterocycles. The van der Waals surface area contributed by atoms with Gasteiger partial charge in [0.15, 0.2) is 0 Å². The van der Waals surface area contributed by atoms with Gasteiger partial charge in [-0.15, -0.1) is 0 Å². The number of carbonyl (C=O) groups is 1. The maximum atomic E-state index is 10.8. The van der Waals surface area contributed by atoms with E-state index < -0.39 is 18.7 Å². The lowest BCUT2D eigenvalue weighted by Crippen LogP contribution is -2.34. The van der Waals surface area contributed by atoms with Crippen LogP contribution in [-0.2, 0) is 9.31 Å². The summed E-state index contributed by atoms with van der Waals surface area (Å²) in [6.07, 6.45) is 0. The first-order valence-corrected chi connectivity index (χ1v) is 5.75. The topological polar surface area (TPSA) is 55.8 Å². The highest BCUT2D eigenvalue weighted by Gasteiger charge is 2.42. The minimum atomic E-state index is -1.07. The van der Waals surface area contributed by atoms with Crippen molar-refractivity contribution in [3.05, 3.63) is 41.1 Å². The van der Waals surface area contributed by atoms with Gasteiger partial charge in [0.1, 0.15) is 5.60 Å². The lowest BCUT2D eigenvalue weighted by atomic mass is 9.79. The summed E-state index contributed by atoms with van der Waals surface area (Å²) in [7, 11) is -0.604. The van der Waals surface area contributed by atoms with E-state index in [1.807, 2.05) is 13.8 Å². The van der Waals surface area contributed by atoms with Crippen LogP contribution in [-0.4, -0.2) is 23.8 Å². The highest BCUT2D eigenvalue weighted by molar-refractivity contribution is 6.62. The number of benzene rings is 1. The molecule has 4 nitrogen and oxygen atoms in total. The van der Waals surface area contributed by atoms with Gasteiger partial charge in [0.25, 0.3) is 0 Å². The van der Waals surface area contributed by atoms with E-state index in [-0.39, 0.29) is 10.6 Å². The molecule has 0 aliphatic carbocycles. The summed E-state index contributed by atoms with van der Waals surface area (Å²) in [5.41, 5.74) is 0.149. The second-order valence-corrected chi connectivity index (χ2v) is 4.95. The third-order valence-corrected chi connectivity index (χ3v) is 3.13. The number of carboxylic acid groups (broad SMARTS) is 1. The Morgan fingerprint density at radius 3 is 2.61 bits per heavy atom. The predicted molar refractivity (Wildman–Crippen MR) is 69.2 cm³/mol. The summed E-state index contributed by atoms with van der Waals surface area (Å²) in [4.78, 5) is 10.8. The molecule has 6 heteroatoms. The maximum Gasteiger partial charge on any atom is 0.563 e. The fraction of sp³-hybridized carbons (Fsp3) is 0.250. The molecule has 0 aromatic heterocycles. The Bertz CT molecular complexity index is 527. The van der Waals surface area contributed by atoms with E-state index in [0.717, 1.165) is 0 Å². The quantitative estimate of drug-likeness (QED) is 0.833. The SMILES string of the molecule is C=C1OB(c2ccc(C(=O)O)c(Cl)c2)OC1(C)C. The molecule has 1 aromatic carbocycles. The highest BCUT2D eigenvalue weighted by Crippen LogP contribution is 2.29. The molecular weight excluding hydrogens is 254 g/mol. The first-order chi connectivity index (χ1) is 8.31. The minimum Gasteiger partial charge on any atom is -0.534 e. The molecule has 1 fully saturated rings. The molecule has 0 amide bonds. The van der Waals surface area contributed by atoms with E-state index in [1.54, 1.807) is 6.07 Å². The minimum absolute atomic E-state index is 0.0523. The molecular formula is C12H12BClO4. The Labute approximate surface area is 110 Å². The van der Waals surface area contributed by atoms with Crippen LogP contribution in [0.4, 0.5) is 0 Å². The van der Waals surface area contributed by atoms with E-state index in [1.165, 1.54) is 12.1 Å². The van der Waals surface area contributed by atoms with Gasteiger partial charge in [0.05, 0.1) is 16.3 Å². The van der Waals surface area contributed by atoms with Crippen LogP contribution in [0.2, 0.25) is 5.02 Å². The van der Waals surface area contributed by atoms with Crippen molar-refractivity contribution < 1.29 is 19.2 Å². The number of hydrogen-bond donors (Lipinski definition) is 1. The van der Waals surface area contributed by atoms with Crippen molar-refractivity contribution in [1.29, 1.82) is 0 Å². The summed E-state index contributed by atoms with van der Waals surface area (Å²) >= 11 is 5.90. The zero-order valence-corrected chi connectivity index (χ0v) is 10.8. The molecule has 18 heavy (non-hydrogen) atoms. The average Bonchev–Trinajstić information content (AvgIpc) is 2.53. The van der Waals surface area contributed by atoms with Gasteiger partial charge in [0.2, 0.25) is 0 Å². The largest absolute Gasteiger partial charge is 0.563 e. The first-order valence-electron chi connectivity index (χ1n) is 5.38.